The quantitative estimate of drug-likeness (QED) is 0.585. The highest BCUT2D eigenvalue weighted by Gasteiger charge is 2.24. The lowest BCUT2D eigenvalue weighted by Gasteiger charge is -2.30. The summed E-state index contributed by atoms with van der Waals surface area (Å²) < 4.78 is 0. The van der Waals surface area contributed by atoms with Gasteiger partial charge in [-0.15, -0.1) is 0 Å². The number of nitrogens with zero attached hydrogens (tertiary/aromatic N) is 1. The van der Waals surface area contributed by atoms with E-state index in [2.05, 4.69) is 5.32 Å². The molecule has 0 radical (unpaired) electrons. The number of carbonyl (C=O) groups excluding carboxylic acids is 2. The highest BCUT2D eigenvalue weighted by atomic mass is 16.2. The fourth-order valence-corrected chi connectivity index (χ4v) is 1.07. The van der Waals surface area contributed by atoms with Crippen LogP contribution in [0.5, 0.6) is 0 Å². The highest BCUT2D eigenvalue weighted by molar-refractivity contribution is 5.93. The van der Waals surface area contributed by atoms with Crippen LogP contribution < -0.4 is 11.1 Å². The minimum atomic E-state index is -0.399. The summed E-state index contributed by atoms with van der Waals surface area (Å²) in [5.41, 5.74) is 5.38. The zero-order valence-electron chi connectivity index (χ0n) is 7.70. The topological polar surface area (TPSA) is 75.4 Å². The van der Waals surface area contributed by atoms with Crippen molar-refractivity contribution in [1.29, 1.82) is 0 Å². The van der Waals surface area contributed by atoms with Crippen LogP contribution in [-0.4, -0.2) is 29.3 Å². The number of Topliss-reactive ketones (excluding diaryl/α,β-unsaturated/α-hetero) is 1. The molecule has 1 aliphatic heterocycles. The molecule has 0 fully saturated rings. The Morgan fingerprint density at radius 3 is 2.85 bits per heavy atom. The van der Waals surface area contributed by atoms with E-state index in [-0.39, 0.29) is 11.7 Å². The molecule has 1 aliphatic rings. The first kappa shape index (κ1) is 9.57. The van der Waals surface area contributed by atoms with Gasteiger partial charge in [-0.1, -0.05) is 0 Å². The Morgan fingerprint density at radius 2 is 2.38 bits per heavy atom. The first-order valence-corrected chi connectivity index (χ1v) is 4.04. The van der Waals surface area contributed by atoms with Gasteiger partial charge in [0.15, 0.2) is 5.78 Å². The van der Waals surface area contributed by atoms with Crippen molar-refractivity contribution < 1.29 is 9.59 Å². The van der Waals surface area contributed by atoms with Crippen molar-refractivity contribution in [3.05, 3.63) is 11.9 Å². The zero-order chi connectivity index (χ0) is 10.0. The Bertz CT molecular complexity index is 273. The molecule has 0 bridgehead atoms. The first-order valence-electron chi connectivity index (χ1n) is 4.04. The van der Waals surface area contributed by atoms with Crippen molar-refractivity contribution in [2.24, 2.45) is 5.73 Å². The molecule has 0 aliphatic carbocycles. The third-order valence-corrected chi connectivity index (χ3v) is 2.07. The van der Waals surface area contributed by atoms with Crippen LogP contribution in [-0.2, 0) is 9.59 Å². The van der Waals surface area contributed by atoms with Crippen LogP contribution in [0.3, 0.4) is 0 Å². The van der Waals surface area contributed by atoms with Gasteiger partial charge in [0.1, 0.15) is 5.82 Å². The monoisotopic (exact) mass is 183 g/mol. The molecule has 1 amide bonds. The lowest BCUT2D eigenvalue weighted by Crippen LogP contribution is -2.50. The molecular formula is C8H13N3O2. The lowest BCUT2D eigenvalue weighted by atomic mass is 10.2. The van der Waals surface area contributed by atoms with E-state index < -0.39 is 6.04 Å². The molecule has 5 heteroatoms. The minimum absolute atomic E-state index is 0.0379. The maximum absolute atomic E-state index is 11.3. The molecule has 0 aromatic heterocycles. The molecule has 1 unspecified atom stereocenters. The summed E-state index contributed by atoms with van der Waals surface area (Å²) in [4.78, 5) is 23.8. The molecule has 72 valence electrons. The van der Waals surface area contributed by atoms with E-state index in [1.807, 2.05) is 0 Å². The standard InChI is InChI=1S/C8H13N3O2/c1-5(6(2)12)11-4-10-7(9)3-8(11)13/h3,5,10H,4,9H2,1-2H3. The Balaban J connectivity index is 2.74. The second-order valence-corrected chi connectivity index (χ2v) is 3.03. The third-order valence-electron chi connectivity index (χ3n) is 2.07. The van der Waals surface area contributed by atoms with Crippen molar-refractivity contribution in [3.8, 4) is 0 Å². The zero-order valence-corrected chi connectivity index (χ0v) is 7.70. The largest absolute Gasteiger partial charge is 0.385 e. The molecule has 0 aromatic rings. The minimum Gasteiger partial charge on any atom is -0.385 e. The average Bonchev–Trinajstić information content (AvgIpc) is 2.03. The average molecular weight is 183 g/mol. The van der Waals surface area contributed by atoms with Gasteiger partial charge in [0.25, 0.3) is 5.91 Å². The van der Waals surface area contributed by atoms with Crippen molar-refractivity contribution in [2.45, 2.75) is 19.9 Å². The summed E-state index contributed by atoms with van der Waals surface area (Å²) in [6.07, 6.45) is 1.28. The van der Waals surface area contributed by atoms with E-state index in [4.69, 9.17) is 5.73 Å². The number of hydrogen-bond donors (Lipinski definition) is 2. The van der Waals surface area contributed by atoms with E-state index in [1.165, 1.54) is 17.9 Å². The number of ketones is 1. The van der Waals surface area contributed by atoms with Crippen LogP contribution in [0.25, 0.3) is 0 Å². The second kappa shape index (κ2) is 3.47. The number of carbonyl (C=O) groups is 2. The predicted molar refractivity (Wildman–Crippen MR) is 47.3 cm³/mol. The van der Waals surface area contributed by atoms with Crippen molar-refractivity contribution in [2.75, 3.05) is 6.67 Å². The predicted octanol–water partition coefficient (Wildman–Crippen LogP) is -0.847. The number of rotatable bonds is 2. The van der Waals surface area contributed by atoms with Gasteiger partial charge in [0, 0.05) is 6.08 Å². The maximum Gasteiger partial charge on any atom is 0.252 e. The van der Waals surface area contributed by atoms with Crippen molar-refractivity contribution in [3.63, 3.8) is 0 Å². The molecule has 1 heterocycles. The summed E-state index contributed by atoms with van der Waals surface area (Å²) >= 11 is 0. The summed E-state index contributed by atoms with van der Waals surface area (Å²) in [5, 5.41) is 2.79. The van der Waals surface area contributed by atoms with Gasteiger partial charge in [-0.3, -0.25) is 9.59 Å². The summed E-state index contributed by atoms with van der Waals surface area (Å²) in [6.45, 7) is 3.44. The van der Waals surface area contributed by atoms with E-state index in [0.29, 0.717) is 12.5 Å². The van der Waals surface area contributed by atoms with Gasteiger partial charge >= 0.3 is 0 Å². The van der Waals surface area contributed by atoms with E-state index >= 15 is 0 Å². The number of nitrogens with one attached hydrogen (secondary N) is 1. The Labute approximate surface area is 76.6 Å². The van der Waals surface area contributed by atoms with Gasteiger partial charge in [0.05, 0.1) is 12.7 Å². The van der Waals surface area contributed by atoms with Gasteiger partial charge in [0.2, 0.25) is 0 Å². The van der Waals surface area contributed by atoms with E-state index in [9.17, 15) is 9.59 Å². The molecule has 0 saturated heterocycles. The SMILES string of the molecule is CC(=O)C(C)N1CNC(N)=CC1=O. The first-order chi connectivity index (χ1) is 6.02. The molecule has 0 aromatic carbocycles. The maximum atomic E-state index is 11.3. The van der Waals surface area contributed by atoms with Gasteiger partial charge in [-0.05, 0) is 13.8 Å². The smallest absolute Gasteiger partial charge is 0.252 e. The van der Waals surface area contributed by atoms with Crippen molar-refractivity contribution in [1.82, 2.24) is 10.2 Å². The van der Waals surface area contributed by atoms with Gasteiger partial charge in [-0.2, -0.15) is 0 Å². The molecular weight excluding hydrogens is 170 g/mol. The molecule has 1 atom stereocenters. The summed E-state index contributed by atoms with van der Waals surface area (Å²) in [7, 11) is 0. The molecule has 13 heavy (non-hydrogen) atoms. The second-order valence-electron chi connectivity index (χ2n) is 3.03. The van der Waals surface area contributed by atoms with Crippen LogP contribution in [0.4, 0.5) is 0 Å². The van der Waals surface area contributed by atoms with Crippen LogP contribution in [0.2, 0.25) is 0 Å². The normalized spacial score (nSPS) is 19.1. The fourth-order valence-electron chi connectivity index (χ4n) is 1.07. The summed E-state index contributed by atoms with van der Waals surface area (Å²) in [6, 6.07) is -0.399. The Kier molecular flexibility index (Phi) is 2.55. The highest BCUT2D eigenvalue weighted by Crippen LogP contribution is 2.04. The van der Waals surface area contributed by atoms with Crippen LogP contribution in [0.15, 0.2) is 11.9 Å². The Hall–Kier alpha value is -1.52. The number of nitrogens with two attached hydrogens (primary N) is 1. The van der Waals surface area contributed by atoms with Crippen LogP contribution >= 0.6 is 0 Å². The Morgan fingerprint density at radius 1 is 1.77 bits per heavy atom. The number of hydrogen-bond acceptors (Lipinski definition) is 4. The van der Waals surface area contributed by atoms with Crippen LogP contribution in [0.1, 0.15) is 13.8 Å². The van der Waals surface area contributed by atoms with E-state index in [0.717, 1.165) is 0 Å². The molecule has 5 nitrogen and oxygen atoms in total. The fraction of sp³-hybridized carbons (Fsp3) is 0.500. The number of amides is 1. The van der Waals surface area contributed by atoms with Crippen LogP contribution in [0, 0.1) is 0 Å². The van der Waals surface area contributed by atoms with Crippen molar-refractivity contribution >= 4 is 11.7 Å². The molecule has 1 rings (SSSR count). The van der Waals surface area contributed by atoms with Gasteiger partial charge < -0.3 is 16.0 Å². The van der Waals surface area contributed by atoms with Gasteiger partial charge in [-0.25, -0.2) is 0 Å². The summed E-state index contributed by atoms with van der Waals surface area (Å²) in [5.74, 6) is 0.0833. The molecule has 3 N–H and O–H groups in total. The molecule has 0 saturated carbocycles. The molecule has 0 spiro atoms. The lowest BCUT2D eigenvalue weighted by molar-refractivity contribution is -0.135. The van der Waals surface area contributed by atoms with E-state index in [1.54, 1.807) is 6.92 Å². The third kappa shape index (κ3) is 1.99.